The fraction of sp³-hybridized carbons (Fsp3) is 0.438. The third kappa shape index (κ3) is 2.92. The number of esters is 1. The summed E-state index contributed by atoms with van der Waals surface area (Å²) in [7, 11) is 1.37. The summed E-state index contributed by atoms with van der Waals surface area (Å²) in [5.74, 6) is 0.138. The first-order chi connectivity index (χ1) is 11.1. The number of nitrogens with one attached hydrogen (secondary N) is 2. The Balaban J connectivity index is 1.87. The Morgan fingerprint density at radius 1 is 1.39 bits per heavy atom. The lowest BCUT2D eigenvalue weighted by atomic mass is 10.1. The van der Waals surface area contributed by atoms with Crippen LogP contribution in [0.5, 0.6) is 0 Å². The number of hydrogen-bond donors (Lipinski definition) is 2. The lowest BCUT2D eigenvalue weighted by Gasteiger charge is -2.17. The van der Waals surface area contributed by atoms with Gasteiger partial charge in [-0.15, -0.1) is 0 Å². The average molecular weight is 315 g/mol. The van der Waals surface area contributed by atoms with Crippen LogP contribution in [0, 0.1) is 12.8 Å². The highest BCUT2D eigenvalue weighted by molar-refractivity contribution is 5.96. The molecule has 7 nitrogen and oxygen atoms in total. The minimum atomic E-state index is -0.395. The largest absolute Gasteiger partial charge is 0.465 e. The molecule has 7 heteroatoms. The van der Waals surface area contributed by atoms with Crippen LogP contribution in [0.3, 0.4) is 0 Å². The molecule has 0 unspecified atom stereocenters. The fourth-order valence-corrected chi connectivity index (χ4v) is 2.93. The molecule has 1 fully saturated rings. The first-order valence-corrected chi connectivity index (χ1v) is 7.66. The lowest BCUT2D eigenvalue weighted by molar-refractivity contribution is 0.0602. The first-order valence-electron chi connectivity index (χ1n) is 7.66. The second-order valence-corrected chi connectivity index (χ2v) is 5.83. The molecule has 0 spiro atoms. The standard InChI is InChI=1S/C16H21N5O2/c1-10-6-18-9-15(10)21-11(2)13(8-19-21)20-14-7-17-5-4-12(14)16(22)23-3/h4-5,7-8,10,15,18,20H,6,9H2,1-3H3/t10-,15+/m0/s1. The number of methoxy groups -OCH3 is 1. The Morgan fingerprint density at radius 3 is 2.91 bits per heavy atom. The molecule has 1 saturated heterocycles. The van der Waals surface area contributed by atoms with Gasteiger partial charge in [0.05, 0.1) is 48.2 Å². The minimum absolute atomic E-state index is 0.347. The third-order valence-electron chi connectivity index (χ3n) is 4.33. The highest BCUT2D eigenvalue weighted by Gasteiger charge is 2.27. The van der Waals surface area contributed by atoms with Crippen LogP contribution in [0.15, 0.2) is 24.7 Å². The Hall–Kier alpha value is -2.41. The maximum absolute atomic E-state index is 11.8. The summed E-state index contributed by atoms with van der Waals surface area (Å²) in [5, 5.41) is 11.2. The molecule has 3 heterocycles. The van der Waals surface area contributed by atoms with Crippen molar-refractivity contribution in [2.45, 2.75) is 19.9 Å². The number of carbonyl (C=O) groups excluding carboxylic acids is 1. The number of rotatable bonds is 4. The van der Waals surface area contributed by atoms with E-state index in [2.05, 4.69) is 27.6 Å². The van der Waals surface area contributed by atoms with Crippen molar-refractivity contribution >= 4 is 17.3 Å². The zero-order valence-electron chi connectivity index (χ0n) is 13.5. The molecule has 0 aromatic carbocycles. The number of nitrogens with zero attached hydrogens (tertiary/aromatic N) is 3. The molecule has 0 bridgehead atoms. The lowest BCUT2D eigenvalue weighted by Crippen LogP contribution is -2.18. The molecule has 122 valence electrons. The van der Waals surface area contributed by atoms with Crippen LogP contribution in [0.4, 0.5) is 11.4 Å². The molecular weight excluding hydrogens is 294 g/mol. The average Bonchev–Trinajstić information content (AvgIpc) is 3.13. The van der Waals surface area contributed by atoms with Crippen LogP contribution < -0.4 is 10.6 Å². The Bertz CT molecular complexity index is 712. The number of aromatic nitrogens is 3. The quantitative estimate of drug-likeness (QED) is 0.839. The van der Waals surface area contributed by atoms with Crippen LogP contribution in [0.1, 0.15) is 29.0 Å². The van der Waals surface area contributed by atoms with Gasteiger partial charge >= 0.3 is 5.97 Å². The van der Waals surface area contributed by atoms with E-state index in [4.69, 9.17) is 4.74 Å². The van der Waals surface area contributed by atoms with E-state index in [9.17, 15) is 4.79 Å². The second kappa shape index (κ2) is 6.37. The number of ether oxygens (including phenoxy) is 1. The van der Waals surface area contributed by atoms with Crippen LogP contribution in [0.2, 0.25) is 0 Å². The zero-order valence-corrected chi connectivity index (χ0v) is 13.5. The topological polar surface area (TPSA) is 81.1 Å². The molecule has 1 aliphatic rings. The van der Waals surface area contributed by atoms with Gasteiger partial charge in [-0.25, -0.2) is 4.79 Å². The summed E-state index contributed by atoms with van der Waals surface area (Å²) in [4.78, 5) is 15.9. The minimum Gasteiger partial charge on any atom is -0.465 e. The molecular formula is C16H21N5O2. The van der Waals surface area contributed by atoms with E-state index in [1.54, 1.807) is 24.7 Å². The smallest absolute Gasteiger partial charge is 0.340 e. The molecule has 2 aromatic rings. The summed E-state index contributed by atoms with van der Waals surface area (Å²) in [6.45, 7) is 6.16. The van der Waals surface area contributed by atoms with E-state index in [0.29, 0.717) is 23.2 Å². The van der Waals surface area contributed by atoms with Crippen molar-refractivity contribution in [2.24, 2.45) is 5.92 Å². The van der Waals surface area contributed by atoms with E-state index in [1.165, 1.54) is 7.11 Å². The van der Waals surface area contributed by atoms with Crippen LogP contribution in [-0.4, -0.2) is 40.9 Å². The highest BCUT2D eigenvalue weighted by Crippen LogP contribution is 2.28. The molecule has 0 aliphatic carbocycles. The van der Waals surface area contributed by atoms with Gasteiger partial charge in [-0.05, 0) is 25.5 Å². The predicted octanol–water partition coefficient (Wildman–Crippen LogP) is 1.90. The Kier molecular flexibility index (Phi) is 4.29. The normalized spacial score (nSPS) is 20.5. The van der Waals surface area contributed by atoms with Gasteiger partial charge in [0.2, 0.25) is 0 Å². The maximum atomic E-state index is 11.8. The Labute approximate surface area is 135 Å². The van der Waals surface area contributed by atoms with Gasteiger partial charge in [-0.3, -0.25) is 9.67 Å². The van der Waals surface area contributed by atoms with Crippen LogP contribution in [-0.2, 0) is 4.74 Å². The summed E-state index contributed by atoms with van der Waals surface area (Å²) in [5.41, 5.74) is 2.96. The van der Waals surface area contributed by atoms with E-state index in [1.807, 2.05) is 11.6 Å². The monoisotopic (exact) mass is 315 g/mol. The van der Waals surface area contributed by atoms with Crippen molar-refractivity contribution in [3.05, 3.63) is 35.9 Å². The summed E-state index contributed by atoms with van der Waals surface area (Å²) in [6, 6.07) is 1.98. The molecule has 2 aromatic heterocycles. The van der Waals surface area contributed by atoms with Crippen molar-refractivity contribution in [3.8, 4) is 0 Å². The molecule has 23 heavy (non-hydrogen) atoms. The predicted molar refractivity (Wildman–Crippen MR) is 86.9 cm³/mol. The molecule has 2 atom stereocenters. The van der Waals surface area contributed by atoms with Gasteiger partial charge in [-0.2, -0.15) is 5.10 Å². The van der Waals surface area contributed by atoms with E-state index in [0.717, 1.165) is 24.5 Å². The van der Waals surface area contributed by atoms with E-state index < -0.39 is 5.97 Å². The van der Waals surface area contributed by atoms with E-state index in [-0.39, 0.29) is 0 Å². The summed E-state index contributed by atoms with van der Waals surface area (Å²) < 4.78 is 6.85. The van der Waals surface area contributed by atoms with E-state index >= 15 is 0 Å². The molecule has 1 aliphatic heterocycles. The molecule has 0 saturated carbocycles. The maximum Gasteiger partial charge on any atom is 0.340 e. The van der Waals surface area contributed by atoms with Gasteiger partial charge in [0.1, 0.15) is 0 Å². The summed E-state index contributed by atoms with van der Waals surface area (Å²) in [6.07, 6.45) is 4.97. The second-order valence-electron chi connectivity index (χ2n) is 5.83. The number of anilines is 2. The van der Waals surface area contributed by atoms with Gasteiger partial charge in [0, 0.05) is 12.7 Å². The van der Waals surface area contributed by atoms with Crippen LogP contribution in [0.25, 0.3) is 0 Å². The highest BCUT2D eigenvalue weighted by atomic mass is 16.5. The molecule has 2 N–H and O–H groups in total. The van der Waals surface area contributed by atoms with Crippen molar-refractivity contribution in [1.82, 2.24) is 20.1 Å². The fourth-order valence-electron chi connectivity index (χ4n) is 2.93. The van der Waals surface area contributed by atoms with Crippen molar-refractivity contribution in [3.63, 3.8) is 0 Å². The molecule has 3 rings (SSSR count). The molecule has 0 radical (unpaired) electrons. The summed E-state index contributed by atoms with van der Waals surface area (Å²) >= 11 is 0. The Morgan fingerprint density at radius 2 is 2.22 bits per heavy atom. The van der Waals surface area contributed by atoms with Gasteiger partial charge in [0.25, 0.3) is 0 Å². The number of pyridine rings is 1. The van der Waals surface area contributed by atoms with Crippen molar-refractivity contribution in [1.29, 1.82) is 0 Å². The first kappa shape index (κ1) is 15.5. The van der Waals surface area contributed by atoms with Crippen molar-refractivity contribution in [2.75, 3.05) is 25.5 Å². The third-order valence-corrected chi connectivity index (χ3v) is 4.33. The zero-order chi connectivity index (χ0) is 16.4. The van der Waals surface area contributed by atoms with Gasteiger partial charge in [-0.1, -0.05) is 6.92 Å². The van der Waals surface area contributed by atoms with Crippen LogP contribution >= 0.6 is 0 Å². The van der Waals surface area contributed by atoms with Gasteiger partial charge in [0.15, 0.2) is 0 Å². The van der Waals surface area contributed by atoms with Gasteiger partial charge < -0.3 is 15.4 Å². The number of carbonyl (C=O) groups is 1. The SMILES string of the molecule is COC(=O)c1ccncc1Nc1cnn([C@@H]2CNC[C@@H]2C)c1C. The number of hydrogen-bond acceptors (Lipinski definition) is 6. The van der Waals surface area contributed by atoms with Crippen molar-refractivity contribution < 1.29 is 9.53 Å². The molecule has 0 amide bonds.